The van der Waals surface area contributed by atoms with Gasteiger partial charge >= 0.3 is 0 Å². The van der Waals surface area contributed by atoms with E-state index in [1.54, 1.807) is 24.3 Å². The third-order valence-electron chi connectivity index (χ3n) is 2.35. The Hall–Kier alpha value is -0.510. The first-order valence-electron chi connectivity index (χ1n) is 4.94. The fourth-order valence-corrected chi connectivity index (χ4v) is 2.40. The number of hydrogen-bond donors (Lipinski definition) is 1. The Morgan fingerprint density at radius 2 is 1.50 bits per heavy atom. The molecule has 94 valence electrons. The molecule has 1 heterocycles. The predicted molar refractivity (Wildman–Crippen MR) is 75.6 cm³/mol. The van der Waals surface area contributed by atoms with E-state index in [9.17, 15) is 0 Å². The molecular weight excluding hydrogens is 316 g/mol. The van der Waals surface area contributed by atoms with E-state index >= 15 is 0 Å². The van der Waals surface area contributed by atoms with Crippen LogP contribution in [0.1, 0.15) is 5.69 Å². The normalized spacial score (nSPS) is 10.7. The summed E-state index contributed by atoms with van der Waals surface area (Å²) in [6.07, 6.45) is 0. The molecule has 0 fully saturated rings. The van der Waals surface area contributed by atoms with Crippen LogP contribution in [0.3, 0.4) is 0 Å². The highest BCUT2D eigenvalue weighted by Crippen LogP contribution is 2.40. The lowest BCUT2D eigenvalue weighted by Crippen LogP contribution is -1.94. The van der Waals surface area contributed by atoms with Crippen LogP contribution in [0.2, 0.25) is 20.1 Å². The summed E-state index contributed by atoms with van der Waals surface area (Å²) >= 11 is 24.3. The molecule has 2 nitrogen and oxygen atoms in total. The summed E-state index contributed by atoms with van der Waals surface area (Å²) in [4.78, 5) is 4.21. The van der Waals surface area contributed by atoms with Crippen molar-refractivity contribution >= 4 is 46.4 Å². The van der Waals surface area contributed by atoms with Crippen LogP contribution in [0.4, 0.5) is 0 Å². The minimum absolute atomic E-state index is 0.194. The Morgan fingerprint density at radius 3 is 2.17 bits per heavy atom. The highest BCUT2D eigenvalue weighted by Gasteiger charge is 2.16. The molecule has 0 saturated carbocycles. The predicted octanol–water partition coefficient (Wildman–Crippen LogP) is 4.85. The van der Waals surface area contributed by atoms with Crippen molar-refractivity contribution in [3.8, 4) is 11.3 Å². The Bertz CT molecular complexity index is 601. The second-order valence-electron chi connectivity index (χ2n) is 3.51. The molecule has 2 aromatic rings. The van der Waals surface area contributed by atoms with Crippen molar-refractivity contribution in [3.63, 3.8) is 0 Å². The first-order chi connectivity index (χ1) is 8.54. The molecule has 1 aromatic heterocycles. The second kappa shape index (κ2) is 5.64. The average molecular weight is 323 g/mol. The fraction of sp³-hybridized carbons (Fsp3) is 0.0833. The van der Waals surface area contributed by atoms with E-state index in [-0.39, 0.29) is 11.6 Å². The van der Waals surface area contributed by atoms with E-state index in [1.807, 2.05) is 0 Å². The molecule has 0 aliphatic carbocycles. The van der Waals surface area contributed by atoms with Crippen molar-refractivity contribution in [1.82, 2.24) is 4.98 Å². The van der Waals surface area contributed by atoms with E-state index in [1.165, 1.54) is 0 Å². The number of aliphatic hydroxyl groups is 1. The van der Waals surface area contributed by atoms with Gasteiger partial charge in [-0.1, -0.05) is 46.4 Å². The summed E-state index contributed by atoms with van der Waals surface area (Å²) < 4.78 is 0. The molecule has 0 unspecified atom stereocenters. The van der Waals surface area contributed by atoms with E-state index in [4.69, 9.17) is 51.5 Å². The molecular formula is C12H7Cl4NO. The van der Waals surface area contributed by atoms with Crippen molar-refractivity contribution in [2.75, 3.05) is 0 Å². The van der Waals surface area contributed by atoms with Gasteiger partial charge in [-0.15, -0.1) is 0 Å². The molecule has 6 heteroatoms. The third-order valence-corrected chi connectivity index (χ3v) is 3.77. The lowest BCUT2D eigenvalue weighted by molar-refractivity contribution is 0.277. The first-order valence-corrected chi connectivity index (χ1v) is 6.46. The number of aliphatic hydroxyl groups excluding tert-OH is 1. The highest BCUT2D eigenvalue weighted by atomic mass is 35.5. The summed E-state index contributed by atoms with van der Waals surface area (Å²) in [5.41, 5.74) is 1.34. The molecule has 1 aromatic carbocycles. The minimum Gasteiger partial charge on any atom is -0.390 e. The molecule has 0 radical (unpaired) electrons. The average Bonchev–Trinajstić information content (AvgIpc) is 2.36. The van der Waals surface area contributed by atoms with Gasteiger partial charge in [-0.2, -0.15) is 0 Å². The summed E-state index contributed by atoms with van der Waals surface area (Å²) in [6.45, 7) is -0.194. The Balaban J connectivity index is 2.72. The van der Waals surface area contributed by atoms with E-state index in [0.29, 0.717) is 32.0 Å². The molecule has 1 N–H and O–H groups in total. The summed E-state index contributed by atoms with van der Waals surface area (Å²) in [5, 5.41) is 10.5. The third kappa shape index (κ3) is 2.58. The molecule has 18 heavy (non-hydrogen) atoms. The van der Waals surface area contributed by atoms with Crippen molar-refractivity contribution in [2.45, 2.75) is 6.61 Å². The summed E-state index contributed by atoms with van der Waals surface area (Å²) in [7, 11) is 0. The topological polar surface area (TPSA) is 33.1 Å². The van der Waals surface area contributed by atoms with Gasteiger partial charge in [0.1, 0.15) is 0 Å². The first kappa shape index (κ1) is 13.9. The smallest absolute Gasteiger partial charge is 0.0923 e. The van der Waals surface area contributed by atoms with Crippen LogP contribution in [0.5, 0.6) is 0 Å². The number of hydrogen-bond acceptors (Lipinski definition) is 2. The monoisotopic (exact) mass is 321 g/mol. The van der Waals surface area contributed by atoms with Crippen LogP contribution in [0.15, 0.2) is 24.3 Å². The van der Waals surface area contributed by atoms with Crippen LogP contribution < -0.4 is 0 Å². The Kier molecular flexibility index (Phi) is 4.36. The number of benzene rings is 1. The maximum atomic E-state index is 9.10. The SMILES string of the molecule is OCc1ccc(Cl)c(-c2c(Cl)ccc(Cl)c2Cl)n1. The van der Waals surface area contributed by atoms with Crippen molar-refractivity contribution in [1.29, 1.82) is 0 Å². The molecule has 0 bridgehead atoms. The quantitative estimate of drug-likeness (QED) is 0.801. The van der Waals surface area contributed by atoms with Gasteiger partial charge in [-0.05, 0) is 24.3 Å². The van der Waals surface area contributed by atoms with E-state index < -0.39 is 0 Å². The van der Waals surface area contributed by atoms with Gasteiger partial charge in [-0.25, -0.2) is 4.98 Å². The highest BCUT2D eigenvalue weighted by molar-refractivity contribution is 6.46. The summed E-state index contributed by atoms with van der Waals surface area (Å²) in [6, 6.07) is 6.47. The van der Waals surface area contributed by atoms with Crippen LogP contribution in [-0.4, -0.2) is 10.1 Å². The fourth-order valence-electron chi connectivity index (χ4n) is 1.49. The molecule has 0 aliphatic rings. The largest absolute Gasteiger partial charge is 0.390 e. The number of aromatic nitrogens is 1. The molecule has 0 saturated heterocycles. The zero-order valence-electron chi connectivity index (χ0n) is 8.92. The Labute approximate surface area is 124 Å². The van der Waals surface area contributed by atoms with Gasteiger partial charge in [-0.3, -0.25) is 0 Å². The number of pyridine rings is 1. The maximum absolute atomic E-state index is 9.10. The molecule has 0 amide bonds. The summed E-state index contributed by atoms with van der Waals surface area (Å²) in [5.74, 6) is 0. The maximum Gasteiger partial charge on any atom is 0.0923 e. The van der Waals surface area contributed by atoms with Crippen molar-refractivity contribution < 1.29 is 5.11 Å². The van der Waals surface area contributed by atoms with Gasteiger partial charge in [0.25, 0.3) is 0 Å². The minimum atomic E-state index is -0.194. The zero-order valence-corrected chi connectivity index (χ0v) is 11.9. The zero-order chi connectivity index (χ0) is 13.3. The second-order valence-corrected chi connectivity index (χ2v) is 5.11. The van der Waals surface area contributed by atoms with Gasteiger partial charge in [0, 0.05) is 5.56 Å². The molecule has 0 aliphatic heterocycles. The van der Waals surface area contributed by atoms with Gasteiger partial charge in [0.2, 0.25) is 0 Å². The molecule has 0 spiro atoms. The molecule has 2 rings (SSSR count). The van der Waals surface area contributed by atoms with Crippen molar-refractivity contribution in [2.24, 2.45) is 0 Å². The molecule has 0 atom stereocenters. The van der Waals surface area contributed by atoms with Gasteiger partial charge in [0.05, 0.1) is 38.1 Å². The van der Waals surface area contributed by atoms with Crippen molar-refractivity contribution in [3.05, 3.63) is 50.0 Å². The van der Waals surface area contributed by atoms with Gasteiger partial charge < -0.3 is 5.11 Å². The Morgan fingerprint density at radius 1 is 0.889 bits per heavy atom. The lowest BCUT2D eigenvalue weighted by Gasteiger charge is -2.10. The standard InChI is InChI=1S/C12H7Cl4NO/c13-7-3-4-8(14)11(16)10(7)12-9(15)2-1-6(5-18)17-12/h1-4,18H,5H2. The van der Waals surface area contributed by atoms with Gasteiger partial charge in [0.15, 0.2) is 0 Å². The van der Waals surface area contributed by atoms with Crippen LogP contribution in [-0.2, 0) is 6.61 Å². The van der Waals surface area contributed by atoms with E-state index in [0.717, 1.165) is 0 Å². The van der Waals surface area contributed by atoms with Crippen LogP contribution in [0.25, 0.3) is 11.3 Å². The van der Waals surface area contributed by atoms with Crippen LogP contribution >= 0.6 is 46.4 Å². The van der Waals surface area contributed by atoms with Crippen LogP contribution in [0, 0.1) is 0 Å². The number of halogens is 4. The number of nitrogens with zero attached hydrogens (tertiary/aromatic N) is 1. The number of rotatable bonds is 2. The lowest BCUT2D eigenvalue weighted by atomic mass is 10.1. The van der Waals surface area contributed by atoms with E-state index in [2.05, 4.69) is 4.98 Å².